The highest BCUT2D eigenvalue weighted by molar-refractivity contribution is 5.77. The standard InChI is InChI=1S/C17H26O3.H4N2/c1-10(15(19)20)12-8-11(16(2,3)4)9-13(14(12)18)17(5,6)7;1-2/h8-10,18H,1-7H3,(H,19,20);1-2H2. The summed E-state index contributed by atoms with van der Waals surface area (Å²) >= 11 is 0. The van der Waals surface area contributed by atoms with E-state index in [9.17, 15) is 15.0 Å². The monoisotopic (exact) mass is 310 g/mol. The minimum Gasteiger partial charge on any atom is -0.507 e. The van der Waals surface area contributed by atoms with Crippen molar-refractivity contribution >= 4 is 5.97 Å². The van der Waals surface area contributed by atoms with Crippen LogP contribution in [0.3, 0.4) is 0 Å². The van der Waals surface area contributed by atoms with Gasteiger partial charge in [0.2, 0.25) is 0 Å². The van der Waals surface area contributed by atoms with Crippen molar-refractivity contribution in [3.63, 3.8) is 0 Å². The van der Waals surface area contributed by atoms with Crippen LogP contribution in [0.1, 0.15) is 71.1 Å². The maximum Gasteiger partial charge on any atom is 0.310 e. The van der Waals surface area contributed by atoms with Crippen molar-refractivity contribution in [3.8, 4) is 5.75 Å². The number of carboxylic acid groups (broad SMARTS) is 1. The number of rotatable bonds is 2. The highest BCUT2D eigenvalue weighted by atomic mass is 16.4. The first-order valence-corrected chi connectivity index (χ1v) is 7.29. The molecule has 22 heavy (non-hydrogen) atoms. The smallest absolute Gasteiger partial charge is 0.310 e. The van der Waals surface area contributed by atoms with Crippen molar-refractivity contribution in [2.75, 3.05) is 0 Å². The van der Waals surface area contributed by atoms with Gasteiger partial charge in [-0.3, -0.25) is 16.5 Å². The van der Waals surface area contributed by atoms with E-state index < -0.39 is 11.9 Å². The number of carboxylic acids is 1. The van der Waals surface area contributed by atoms with Crippen LogP contribution in [0, 0.1) is 0 Å². The second-order valence-corrected chi connectivity index (χ2v) is 7.52. The second kappa shape index (κ2) is 7.11. The molecule has 5 nitrogen and oxygen atoms in total. The molecular weight excluding hydrogens is 280 g/mol. The predicted octanol–water partition coefficient (Wildman–Crippen LogP) is 2.99. The van der Waals surface area contributed by atoms with E-state index in [0.29, 0.717) is 5.56 Å². The molecular formula is C17H30N2O3. The first kappa shape index (κ1) is 20.4. The number of benzene rings is 1. The van der Waals surface area contributed by atoms with Gasteiger partial charge in [0.05, 0.1) is 5.92 Å². The Morgan fingerprint density at radius 2 is 1.50 bits per heavy atom. The molecule has 0 spiro atoms. The van der Waals surface area contributed by atoms with Crippen LogP contribution >= 0.6 is 0 Å². The average molecular weight is 310 g/mol. The zero-order valence-corrected chi connectivity index (χ0v) is 14.7. The molecule has 126 valence electrons. The first-order valence-electron chi connectivity index (χ1n) is 7.29. The van der Waals surface area contributed by atoms with E-state index in [1.807, 2.05) is 32.9 Å². The predicted molar refractivity (Wildman–Crippen MR) is 89.9 cm³/mol. The number of hydrazine groups is 1. The highest BCUT2D eigenvalue weighted by Crippen LogP contribution is 2.40. The molecule has 0 radical (unpaired) electrons. The van der Waals surface area contributed by atoms with E-state index in [2.05, 4.69) is 32.5 Å². The molecule has 0 aromatic heterocycles. The number of aromatic hydroxyl groups is 1. The lowest BCUT2D eigenvalue weighted by Gasteiger charge is -2.28. The van der Waals surface area contributed by atoms with Crippen LogP contribution in [0.15, 0.2) is 12.1 Å². The summed E-state index contributed by atoms with van der Waals surface area (Å²) in [6, 6.07) is 3.82. The summed E-state index contributed by atoms with van der Waals surface area (Å²) < 4.78 is 0. The van der Waals surface area contributed by atoms with E-state index in [-0.39, 0.29) is 16.6 Å². The number of nitrogens with two attached hydrogens (primary N) is 2. The fraction of sp³-hybridized carbons (Fsp3) is 0.588. The quantitative estimate of drug-likeness (QED) is 0.496. The van der Waals surface area contributed by atoms with Crippen molar-refractivity contribution < 1.29 is 15.0 Å². The molecule has 6 N–H and O–H groups in total. The molecule has 0 fully saturated rings. The molecule has 0 bridgehead atoms. The van der Waals surface area contributed by atoms with Gasteiger partial charge in [-0.1, -0.05) is 53.7 Å². The van der Waals surface area contributed by atoms with E-state index >= 15 is 0 Å². The SMILES string of the molecule is CC(C(=O)O)c1cc(C(C)(C)C)cc(C(C)(C)C)c1O.NN. The lowest BCUT2D eigenvalue weighted by molar-refractivity contribution is -0.138. The summed E-state index contributed by atoms with van der Waals surface area (Å²) in [6.45, 7) is 13.9. The van der Waals surface area contributed by atoms with Crippen LogP contribution in [0.5, 0.6) is 5.75 Å². The van der Waals surface area contributed by atoms with Gasteiger partial charge in [-0.25, -0.2) is 0 Å². The zero-order chi connectivity index (χ0) is 17.9. The summed E-state index contributed by atoms with van der Waals surface area (Å²) in [7, 11) is 0. The number of aliphatic carboxylic acids is 1. The first-order chi connectivity index (χ1) is 9.85. The number of carbonyl (C=O) groups is 1. The van der Waals surface area contributed by atoms with Crippen molar-refractivity contribution in [2.45, 2.75) is 65.2 Å². The Kier molecular flexibility index (Phi) is 6.60. The van der Waals surface area contributed by atoms with Gasteiger partial charge < -0.3 is 10.2 Å². The van der Waals surface area contributed by atoms with Crippen molar-refractivity contribution in [1.82, 2.24) is 0 Å². The topological polar surface area (TPSA) is 110 Å². The van der Waals surface area contributed by atoms with Crippen molar-refractivity contribution in [1.29, 1.82) is 0 Å². The van der Waals surface area contributed by atoms with Crippen LogP contribution in [0.4, 0.5) is 0 Å². The minimum atomic E-state index is -0.925. The van der Waals surface area contributed by atoms with Gasteiger partial charge >= 0.3 is 5.97 Å². The number of phenolic OH excluding ortho intramolecular Hbond substituents is 1. The van der Waals surface area contributed by atoms with Crippen molar-refractivity contribution in [3.05, 3.63) is 28.8 Å². The third-order valence-corrected chi connectivity index (χ3v) is 3.65. The molecule has 0 aliphatic rings. The average Bonchev–Trinajstić information content (AvgIpc) is 2.37. The van der Waals surface area contributed by atoms with Crippen LogP contribution in [-0.4, -0.2) is 16.2 Å². The third-order valence-electron chi connectivity index (χ3n) is 3.65. The second-order valence-electron chi connectivity index (χ2n) is 7.52. The lowest BCUT2D eigenvalue weighted by atomic mass is 9.77. The molecule has 1 aromatic carbocycles. The number of hydrogen-bond donors (Lipinski definition) is 4. The lowest BCUT2D eigenvalue weighted by Crippen LogP contribution is -2.19. The summed E-state index contributed by atoms with van der Waals surface area (Å²) in [6.07, 6.45) is 0. The van der Waals surface area contributed by atoms with Crippen LogP contribution in [-0.2, 0) is 15.6 Å². The summed E-state index contributed by atoms with van der Waals surface area (Å²) in [5, 5.41) is 19.7. The van der Waals surface area contributed by atoms with Crippen molar-refractivity contribution in [2.24, 2.45) is 11.7 Å². The zero-order valence-electron chi connectivity index (χ0n) is 14.7. The maximum absolute atomic E-state index is 11.3. The highest BCUT2D eigenvalue weighted by Gasteiger charge is 2.28. The molecule has 5 heteroatoms. The maximum atomic E-state index is 11.3. The van der Waals surface area contributed by atoms with Gasteiger partial charge in [0.15, 0.2) is 0 Å². The summed E-state index contributed by atoms with van der Waals surface area (Å²) in [4.78, 5) is 11.3. The van der Waals surface area contributed by atoms with Gasteiger partial charge in [0.1, 0.15) is 5.75 Å². The van der Waals surface area contributed by atoms with E-state index in [0.717, 1.165) is 11.1 Å². The largest absolute Gasteiger partial charge is 0.507 e. The molecule has 0 heterocycles. The fourth-order valence-corrected chi connectivity index (χ4v) is 2.12. The van der Waals surface area contributed by atoms with Crippen LogP contribution in [0.25, 0.3) is 0 Å². The van der Waals surface area contributed by atoms with E-state index in [1.165, 1.54) is 0 Å². The Hall–Kier alpha value is -1.59. The molecule has 0 aliphatic carbocycles. The molecule has 0 aliphatic heterocycles. The van der Waals surface area contributed by atoms with Gasteiger partial charge in [0, 0.05) is 5.56 Å². The van der Waals surface area contributed by atoms with E-state index in [4.69, 9.17) is 0 Å². The van der Waals surface area contributed by atoms with Crippen LogP contribution in [0.2, 0.25) is 0 Å². The Morgan fingerprint density at radius 3 is 1.82 bits per heavy atom. The van der Waals surface area contributed by atoms with Gasteiger partial charge in [-0.05, 0) is 28.9 Å². The Morgan fingerprint density at radius 1 is 1.05 bits per heavy atom. The molecule has 1 rings (SSSR count). The molecule has 1 atom stereocenters. The summed E-state index contributed by atoms with van der Waals surface area (Å²) in [5.41, 5.74) is 2.00. The number of phenols is 1. The Bertz CT molecular complexity index is 526. The minimum absolute atomic E-state index is 0.0966. The van der Waals surface area contributed by atoms with Gasteiger partial charge in [0.25, 0.3) is 0 Å². The third kappa shape index (κ3) is 4.71. The molecule has 0 saturated carbocycles. The van der Waals surface area contributed by atoms with Crippen LogP contribution < -0.4 is 11.7 Å². The Labute approximate surface area is 133 Å². The van der Waals surface area contributed by atoms with Gasteiger partial charge in [-0.2, -0.15) is 0 Å². The van der Waals surface area contributed by atoms with Gasteiger partial charge in [-0.15, -0.1) is 0 Å². The molecule has 0 amide bonds. The molecule has 1 unspecified atom stereocenters. The normalized spacial score (nSPS) is 13.1. The Balaban J connectivity index is 0.00000211. The van der Waals surface area contributed by atoms with E-state index in [1.54, 1.807) is 6.92 Å². The number of hydrogen-bond acceptors (Lipinski definition) is 4. The molecule has 1 aromatic rings. The summed E-state index contributed by atoms with van der Waals surface area (Å²) in [5.74, 6) is 6.46. The fourth-order valence-electron chi connectivity index (χ4n) is 2.12. The molecule has 0 saturated heterocycles.